The fourth-order valence-electron chi connectivity index (χ4n) is 1.22. The number of carbonyl (C=O) groups is 3. The van der Waals surface area contributed by atoms with Gasteiger partial charge in [0.25, 0.3) is 10.5 Å². The lowest BCUT2D eigenvalue weighted by atomic mass is 10.1. The number of rotatable bonds is 5. The topological polar surface area (TPSA) is 60.4 Å². The highest BCUT2D eigenvalue weighted by molar-refractivity contribution is 6.69. The van der Waals surface area contributed by atoms with Crippen molar-refractivity contribution in [1.29, 1.82) is 0 Å². The second kappa shape index (κ2) is 6.33. The maximum Gasteiger partial charge on any atom is 0.339 e. The Labute approximate surface area is 113 Å². The molecule has 0 atom stereocenters. The summed E-state index contributed by atoms with van der Waals surface area (Å²) in [7, 11) is 0. The number of benzene rings is 1. The lowest BCUT2D eigenvalue weighted by Crippen LogP contribution is -2.11. The minimum Gasteiger partial charge on any atom is -0.458 e. The van der Waals surface area contributed by atoms with Gasteiger partial charge in [-0.3, -0.25) is 9.59 Å². The van der Waals surface area contributed by atoms with Gasteiger partial charge in [0.05, 0.1) is 5.56 Å². The zero-order chi connectivity index (χ0) is 13.7. The van der Waals surface area contributed by atoms with Crippen molar-refractivity contribution in [2.45, 2.75) is 0 Å². The zero-order valence-electron chi connectivity index (χ0n) is 9.11. The first-order chi connectivity index (χ1) is 8.47. The van der Waals surface area contributed by atoms with Gasteiger partial charge in [-0.2, -0.15) is 0 Å². The van der Waals surface area contributed by atoms with Gasteiger partial charge in [-0.25, -0.2) is 4.79 Å². The Kier molecular flexibility index (Phi) is 5.07. The van der Waals surface area contributed by atoms with Crippen molar-refractivity contribution in [1.82, 2.24) is 0 Å². The minimum atomic E-state index is -0.825. The average Bonchev–Trinajstić information content (AvgIpc) is 2.34. The van der Waals surface area contributed by atoms with Crippen molar-refractivity contribution in [3.05, 3.63) is 47.5 Å². The molecule has 0 unspecified atom stereocenters. The molecule has 1 aromatic rings. The van der Waals surface area contributed by atoms with Crippen molar-refractivity contribution >= 4 is 39.7 Å². The standard InChI is InChI=1S/C12H8Cl2O4/c1-2-5-18-12(17)9-6-7(10(13)15)3-4-8(9)11(14)16/h2-4,6H,1,5H2. The van der Waals surface area contributed by atoms with Crippen LogP contribution < -0.4 is 0 Å². The van der Waals surface area contributed by atoms with Crippen LogP contribution in [0.25, 0.3) is 0 Å². The van der Waals surface area contributed by atoms with Crippen molar-refractivity contribution in [2.24, 2.45) is 0 Å². The molecule has 1 rings (SSSR count). The largest absolute Gasteiger partial charge is 0.458 e. The van der Waals surface area contributed by atoms with Gasteiger partial charge < -0.3 is 4.74 Å². The van der Waals surface area contributed by atoms with Gasteiger partial charge in [0.1, 0.15) is 6.61 Å². The predicted octanol–water partition coefficient (Wildman–Crippen LogP) is 2.79. The number of halogens is 2. The summed E-state index contributed by atoms with van der Waals surface area (Å²) in [5, 5.41) is -1.57. The summed E-state index contributed by atoms with van der Waals surface area (Å²) in [5.41, 5.74) is -0.0837. The highest BCUT2D eigenvalue weighted by Crippen LogP contribution is 2.17. The predicted molar refractivity (Wildman–Crippen MR) is 67.3 cm³/mol. The first-order valence-corrected chi connectivity index (χ1v) is 5.54. The Balaban J connectivity index is 3.22. The van der Waals surface area contributed by atoms with Gasteiger partial charge >= 0.3 is 5.97 Å². The molecular weight excluding hydrogens is 279 g/mol. The van der Waals surface area contributed by atoms with Crippen LogP contribution in [0.4, 0.5) is 0 Å². The Hall–Kier alpha value is -1.65. The van der Waals surface area contributed by atoms with E-state index in [1.807, 2.05) is 0 Å². The van der Waals surface area contributed by atoms with E-state index in [4.69, 9.17) is 27.9 Å². The fourth-order valence-corrected chi connectivity index (χ4v) is 1.50. The number of ether oxygens (including phenoxy) is 1. The molecule has 0 heterocycles. The van der Waals surface area contributed by atoms with Crippen LogP contribution in [-0.2, 0) is 4.74 Å². The molecule has 0 radical (unpaired) electrons. The van der Waals surface area contributed by atoms with Gasteiger partial charge in [0.2, 0.25) is 0 Å². The van der Waals surface area contributed by atoms with E-state index in [0.717, 1.165) is 6.07 Å². The fraction of sp³-hybridized carbons (Fsp3) is 0.0833. The molecule has 0 saturated carbocycles. The Morgan fingerprint density at radius 3 is 2.33 bits per heavy atom. The van der Waals surface area contributed by atoms with Crippen LogP contribution in [0.15, 0.2) is 30.9 Å². The first kappa shape index (κ1) is 14.4. The SMILES string of the molecule is C=CCOC(=O)c1cc(C(=O)Cl)ccc1C(=O)Cl. The van der Waals surface area contributed by atoms with Gasteiger partial charge in [-0.1, -0.05) is 12.7 Å². The van der Waals surface area contributed by atoms with E-state index in [1.54, 1.807) is 0 Å². The minimum absolute atomic E-state index is 0.0200. The van der Waals surface area contributed by atoms with Crippen LogP contribution in [0.2, 0.25) is 0 Å². The third-order valence-electron chi connectivity index (χ3n) is 2.01. The Morgan fingerprint density at radius 2 is 1.83 bits per heavy atom. The number of hydrogen-bond donors (Lipinski definition) is 0. The van der Waals surface area contributed by atoms with Crippen LogP contribution >= 0.6 is 23.2 Å². The van der Waals surface area contributed by atoms with E-state index in [9.17, 15) is 14.4 Å². The van der Waals surface area contributed by atoms with E-state index in [-0.39, 0.29) is 23.3 Å². The van der Waals surface area contributed by atoms with Crippen molar-refractivity contribution in [3.8, 4) is 0 Å². The molecule has 6 heteroatoms. The molecule has 4 nitrogen and oxygen atoms in total. The summed E-state index contributed by atoms with van der Waals surface area (Å²) >= 11 is 10.6. The summed E-state index contributed by atoms with van der Waals surface area (Å²) in [4.78, 5) is 33.8. The second-order valence-electron chi connectivity index (χ2n) is 3.19. The molecule has 0 aliphatic rings. The third-order valence-corrected chi connectivity index (χ3v) is 2.43. The molecule has 0 N–H and O–H groups in total. The van der Waals surface area contributed by atoms with Crippen molar-refractivity contribution in [3.63, 3.8) is 0 Å². The third kappa shape index (κ3) is 3.42. The molecule has 0 aliphatic heterocycles. The molecule has 0 spiro atoms. The van der Waals surface area contributed by atoms with Crippen LogP contribution in [0.5, 0.6) is 0 Å². The van der Waals surface area contributed by atoms with Gasteiger partial charge in [-0.05, 0) is 41.4 Å². The first-order valence-electron chi connectivity index (χ1n) is 4.79. The average molecular weight is 287 g/mol. The summed E-state index contributed by atoms with van der Waals surface area (Å²) in [5.74, 6) is -0.779. The summed E-state index contributed by atoms with van der Waals surface area (Å²) in [6.45, 7) is 3.36. The normalized spacial score (nSPS) is 9.67. The molecule has 0 saturated heterocycles. The molecule has 0 aromatic heterocycles. The van der Waals surface area contributed by atoms with Gasteiger partial charge in [0.15, 0.2) is 0 Å². The quantitative estimate of drug-likeness (QED) is 0.474. The molecule has 0 bridgehead atoms. The summed E-state index contributed by atoms with van der Waals surface area (Å²) < 4.78 is 4.78. The molecule has 18 heavy (non-hydrogen) atoms. The number of hydrogen-bond acceptors (Lipinski definition) is 4. The van der Waals surface area contributed by atoms with Crippen LogP contribution in [0, 0.1) is 0 Å². The maximum atomic E-state index is 11.7. The summed E-state index contributed by atoms with van der Waals surface area (Å²) in [6.07, 6.45) is 1.37. The second-order valence-corrected chi connectivity index (χ2v) is 3.88. The highest BCUT2D eigenvalue weighted by Gasteiger charge is 2.18. The highest BCUT2D eigenvalue weighted by atomic mass is 35.5. The molecular formula is C12H8Cl2O4. The molecule has 0 aliphatic carbocycles. The van der Waals surface area contributed by atoms with Gasteiger partial charge in [0, 0.05) is 11.1 Å². The van der Waals surface area contributed by atoms with Crippen LogP contribution in [0.1, 0.15) is 31.1 Å². The molecule has 94 valence electrons. The lowest BCUT2D eigenvalue weighted by molar-refractivity contribution is 0.0547. The van der Waals surface area contributed by atoms with E-state index in [2.05, 4.69) is 6.58 Å². The van der Waals surface area contributed by atoms with E-state index in [1.165, 1.54) is 18.2 Å². The van der Waals surface area contributed by atoms with Gasteiger partial charge in [-0.15, -0.1) is 0 Å². The molecule has 0 amide bonds. The van der Waals surface area contributed by atoms with E-state index in [0.29, 0.717) is 0 Å². The number of esters is 1. The Morgan fingerprint density at radius 1 is 1.17 bits per heavy atom. The van der Waals surface area contributed by atoms with E-state index < -0.39 is 16.5 Å². The Bertz CT molecular complexity index is 523. The maximum absolute atomic E-state index is 11.7. The number of carbonyl (C=O) groups excluding carboxylic acids is 3. The zero-order valence-corrected chi connectivity index (χ0v) is 10.6. The molecule has 1 aromatic carbocycles. The van der Waals surface area contributed by atoms with Crippen LogP contribution in [0.3, 0.4) is 0 Å². The van der Waals surface area contributed by atoms with Crippen LogP contribution in [-0.4, -0.2) is 23.1 Å². The molecule has 0 fully saturated rings. The smallest absolute Gasteiger partial charge is 0.339 e. The van der Waals surface area contributed by atoms with Crippen molar-refractivity contribution in [2.75, 3.05) is 6.61 Å². The lowest BCUT2D eigenvalue weighted by Gasteiger charge is -2.06. The summed E-state index contributed by atoms with van der Waals surface area (Å²) in [6, 6.07) is 3.71. The monoisotopic (exact) mass is 286 g/mol. The van der Waals surface area contributed by atoms with Crippen molar-refractivity contribution < 1.29 is 19.1 Å². The van der Waals surface area contributed by atoms with E-state index >= 15 is 0 Å².